The van der Waals surface area contributed by atoms with Crippen LogP contribution in [-0.2, 0) is 0 Å². The summed E-state index contributed by atoms with van der Waals surface area (Å²) in [4.78, 5) is 0. The average Bonchev–Trinajstić information content (AvgIpc) is 2.07. The molecule has 0 aliphatic heterocycles. The zero-order chi connectivity index (χ0) is 8.55. The van der Waals surface area contributed by atoms with Crippen LogP contribution in [0.15, 0.2) is 36.4 Å². The second kappa shape index (κ2) is 4.01. The molecule has 0 aromatic heterocycles. The Morgan fingerprint density at radius 3 is 2.62 bits per heavy atom. The zero-order valence-corrected chi connectivity index (χ0v) is 9.45. The predicted octanol–water partition coefficient (Wildman–Crippen LogP) is -1.50. The fourth-order valence-electron chi connectivity index (χ4n) is 1.28. The molecule has 0 saturated carbocycles. The van der Waals surface area contributed by atoms with E-state index < -0.39 is 0 Å². The van der Waals surface area contributed by atoms with Gasteiger partial charge in [0.1, 0.15) is 0 Å². The Labute approximate surface area is 98.7 Å². The second-order valence-corrected chi connectivity index (χ2v) is 2.73. The maximum atomic E-state index is 11.0. The van der Waals surface area contributed by atoms with Gasteiger partial charge in [0.15, 0.2) is 0 Å². The number of fused-ring (bicyclic) bond motifs is 1. The number of hydrogen-bond donors (Lipinski definition) is 1. The summed E-state index contributed by atoms with van der Waals surface area (Å²) >= 11 is 0. The first-order chi connectivity index (χ1) is 5.77. The summed E-state index contributed by atoms with van der Waals surface area (Å²) in [6, 6.07) is 10.5. The van der Waals surface area contributed by atoms with E-state index in [1.807, 2.05) is 12.1 Å². The largest absolute Gasteiger partial charge is 1.00 e. The molecule has 0 bridgehead atoms. The summed E-state index contributed by atoms with van der Waals surface area (Å²) in [7, 11) is 0. The minimum atomic E-state index is 0. The third-order valence-corrected chi connectivity index (χ3v) is 1.89. The van der Waals surface area contributed by atoms with Crippen molar-refractivity contribution in [2.75, 3.05) is 5.73 Å². The average molecular weight is 181 g/mol. The fraction of sp³-hybridized carbons (Fsp3) is 0. The third-order valence-electron chi connectivity index (χ3n) is 1.89. The Balaban J connectivity index is 0.000000845. The van der Waals surface area contributed by atoms with Crippen LogP contribution in [0.1, 0.15) is 0 Å². The van der Waals surface area contributed by atoms with Crippen LogP contribution >= 0.6 is 0 Å². The maximum absolute atomic E-state index is 11.0. The van der Waals surface area contributed by atoms with Crippen molar-refractivity contribution in [3.05, 3.63) is 36.4 Å². The molecule has 0 spiro atoms. The van der Waals surface area contributed by atoms with Gasteiger partial charge in [-0.1, -0.05) is 30.3 Å². The molecule has 0 fully saturated rings. The SMILES string of the molecule is Nc1cccc2ccc([O-])cc12.[Na+]. The number of nitrogens with two attached hydrogens (primary N) is 1. The summed E-state index contributed by atoms with van der Waals surface area (Å²) in [6.07, 6.45) is 0. The fourth-order valence-corrected chi connectivity index (χ4v) is 1.28. The van der Waals surface area contributed by atoms with Crippen molar-refractivity contribution in [2.24, 2.45) is 0 Å². The Morgan fingerprint density at radius 1 is 1.08 bits per heavy atom. The molecule has 60 valence electrons. The van der Waals surface area contributed by atoms with Gasteiger partial charge in [0.05, 0.1) is 0 Å². The molecule has 0 radical (unpaired) electrons. The van der Waals surface area contributed by atoms with Crippen molar-refractivity contribution in [3.63, 3.8) is 0 Å². The Morgan fingerprint density at radius 2 is 1.85 bits per heavy atom. The van der Waals surface area contributed by atoms with E-state index in [0.29, 0.717) is 5.69 Å². The topological polar surface area (TPSA) is 49.1 Å². The molecule has 2 nitrogen and oxygen atoms in total. The maximum Gasteiger partial charge on any atom is 1.00 e. The van der Waals surface area contributed by atoms with Crippen molar-refractivity contribution in [1.29, 1.82) is 0 Å². The van der Waals surface area contributed by atoms with Crippen LogP contribution in [0.3, 0.4) is 0 Å². The van der Waals surface area contributed by atoms with Gasteiger partial charge in [-0.3, -0.25) is 0 Å². The zero-order valence-electron chi connectivity index (χ0n) is 7.45. The van der Waals surface area contributed by atoms with Crippen molar-refractivity contribution < 1.29 is 34.7 Å². The van der Waals surface area contributed by atoms with E-state index in [2.05, 4.69) is 0 Å². The van der Waals surface area contributed by atoms with E-state index in [1.54, 1.807) is 24.3 Å². The van der Waals surface area contributed by atoms with E-state index in [-0.39, 0.29) is 35.3 Å². The van der Waals surface area contributed by atoms with Crippen LogP contribution in [0.25, 0.3) is 10.8 Å². The summed E-state index contributed by atoms with van der Waals surface area (Å²) in [5.74, 6) is 0.000370. The molecule has 0 unspecified atom stereocenters. The first kappa shape index (κ1) is 10.4. The quantitative estimate of drug-likeness (QED) is 0.397. The molecule has 3 heteroatoms. The number of nitrogen functional groups attached to an aromatic ring is 1. The van der Waals surface area contributed by atoms with Crippen molar-refractivity contribution in [1.82, 2.24) is 0 Å². The van der Waals surface area contributed by atoms with Gasteiger partial charge in [-0.25, -0.2) is 0 Å². The number of hydrogen-bond acceptors (Lipinski definition) is 2. The third kappa shape index (κ3) is 1.97. The van der Waals surface area contributed by atoms with Gasteiger partial charge in [-0.05, 0) is 11.5 Å². The molecule has 0 amide bonds. The minimum Gasteiger partial charge on any atom is -0.872 e. The summed E-state index contributed by atoms with van der Waals surface area (Å²) < 4.78 is 0. The van der Waals surface area contributed by atoms with Gasteiger partial charge in [0, 0.05) is 11.1 Å². The molecule has 2 rings (SSSR count). The van der Waals surface area contributed by atoms with Crippen molar-refractivity contribution in [3.8, 4) is 5.75 Å². The van der Waals surface area contributed by atoms with Crippen molar-refractivity contribution in [2.45, 2.75) is 0 Å². The molecule has 13 heavy (non-hydrogen) atoms. The molecule has 2 aromatic rings. The van der Waals surface area contributed by atoms with Crippen LogP contribution in [0, 0.1) is 0 Å². The van der Waals surface area contributed by atoms with Crippen LogP contribution in [0.5, 0.6) is 5.75 Å². The van der Waals surface area contributed by atoms with E-state index in [0.717, 1.165) is 10.8 Å². The molecule has 2 aromatic carbocycles. The van der Waals surface area contributed by atoms with E-state index >= 15 is 0 Å². The summed E-state index contributed by atoms with van der Waals surface area (Å²) in [5, 5.41) is 12.8. The van der Waals surface area contributed by atoms with Crippen LogP contribution < -0.4 is 40.4 Å². The van der Waals surface area contributed by atoms with Crippen LogP contribution in [0.2, 0.25) is 0 Å². The van der Waals surface area contributed by atoms with Gasteiger partial charge >= 0.3 is 29.6 Å². The molecule has 0 saturated heterocycles. The summed E-state index contributed by atoms with van der Waals surface area (Å²) in [5.41, 5.74) is 6.34. The van der Waals surface area contributed by atoms with Gasteiger partial charge in [-0.15, -0.1) is 5.75 Å². The molecular formula is C10H8NNaO. The molecule has 0 atom stereocenters. The van der Waals surface area contributed by atoms with Gasteiger partial charge in [-0.2, -0.15) is 0 Å². The van der Waals surface area contributed by atoms with Gasteiger partial charge in [0.25, 0.3) is 0 Å². The normalized spacial score (nSPS) is 9.54. The van der Waals surface area contributed by atoms with Crippen molar-refractivity contribution >= 4 is 16.5 Å². The molecule has 0 aliphatic rings. The van der Waals surface area contributed by atoms with Gasteiger partial charge < -0.3 is 10.8 Å². The van der Waals surface area contributed by atoms with E-state index in [4.69, 9.17) is 5.73 Å². The molecule has 0 aliphatic carbocycles. The monoisotopic (exact) mass is 181 g/mol. The first-order valence-corrected chi connectivity index (χ1v) is 3.72. The summed E-state index contributed by atoms with van der Waals surface area (Å²) in [6.45, 7) is 0. The van der Waals surface area contributed by atoms with Crippen LogP contribution in [-0.4, -0.2) is 0 Å². The Hall–Kier alpha value is -0.700. The molecule has 0 heterocycles. The number of benzene rings is 2. The molecule has 2 N–H and O–H groups in total. The smallest absolute Gasteiger partial charge is 0.872 e. The molecular weight excluding hydrogens is 173 g/mol. The standard InChI is InChI=1S/C10H9NO.Na/c11-10-3-1-2-7-4-5-8(12)6-9(7)10;/h1-6,12H,11H2;/q;+1/p-1. The van der Waals surface area contributed by atoms with E-state index in [9.17, 15) is 5.11 Å². The number of anilines is 1. The number of rotatable bonds is 0. The van der Waals surface area contributed by atoms with E-state index in [1.165, 1.54) is 0 Å². The minimum absolute atomic E-state index is 0. The predicted molar refractivity (Wildman–Crippen MR) is 47.8 cm³/mol. The van der Waals surface area contributed by atoms with Gasteiger partial charge in [0.2, 0.25) is 0 Å². The Kier molecular flexibility index (Phi) is 3.20. The first-order valence-electron chi connectivity index (χ1n) is 3.72. The Bertz CT molecular complexity index is 428. The second-order valence-electron chi connectivity index (χ2n) is 2.73. The van der Waals surface area contributed by atoms with Crippen LogP contribution in [0.4, 0.5) is 5.69 Å².